The molecule has 96 valence electrons. The molecule has 3 N–H and O–H groups in total. The standard InChI is InChI=1S/C13H22N2O2/c1-5-17-8-12(15-14)11-6-10(3)13(16-4)7-9(11)2/h6-7,12,15H,5,8,14H2,1-4H3. The zero-order valence-corrected chi connectivity index (χ0v) is 11.0. The minimum Gasteiger partial charge on any atom is -0.496 e. The third-order valence-electron chi connectivity index (χ3n) is 2.85. The first-order valence-electron chi connectivity index (χ1n) is 5.83. The van der Waals surface area contributed by atoms with Gasteiger partial charge in [-0.2, -0.15) is 0 Å². The van der Waals surface area contributed by atoms with Crippen LogP contribution in [0.2, 0.25) is 0 Å². The summed E-state index contributed by atoms with van der Waals surface area (Å²) < 4.78 is 10.7. The molecule has 4 heteroatoms. The van der Waals surface area contributed by atoms with E-state index in [1.807, 2.05) is 26.8 Å². The van der Waals surface area contributed by atoms with Crippen molar-refractivity contribution in [2.45, 2.75) is 26.8 Å². The summed E-state index contributed by atoms with van der Waals surface area (Å²) in [5.41, 5.74) is 6.19. The van der Waals surface area contributed by atoms with Crippen molar-refractivity contribution in [3.63, 3.8) is 0 Å². The summed E-state index contributed by atoms with van der Waals surface area (Å²) in [4.78, 5) is 0. The number of nitrogens with one attached hydrogen (secondary N) is 1. The van der Waals surface area contributed by atoms with Gasteiger partial charge in [0.25, 0.3) is 0 Å². The SMILES string of the molecule is CCOCC(NN)c1cc(C)c(OC)cc1C. The Morgan fingerprint density at radius 2 is 2.00 bits per heavy atom. The number of hydrogen-bond donors (Lipinski definition) is 2. The maximum Gasteiger partial charge on any atom is 0.122 e. The highest BCUT2D eigenvalue weighted by Crippen LogP contribution is 2.26. The number of benzene rings is 1. The van der Waals surface area contributed by atoms with Gasteiger partial charge in [-0.05, 0) is 43.5 Å². The highest BCUT2D eigenvalue weighted by Gasteiger charge is 2.14. The zero-order valence-electron chi connectivity index (χ0n) is 11.0. The Labute approximate surface area is 103 Å². The van der Waals surface area contributed by atoms with Crippen LogP contribution in [0.3, 0.4) is 0 Å². The first kappa shape index (κ1) is 14.0. The highest BCUT2D eigenvalue weighted by molar-refractivity contribution is 5.42. The van der Waals surface area contributed by atoms with Crippen LogP contribution < -0.4 is 16.0 Å². The minimum absolute atomic E-state index is 0.0135. The summed E-state index contributed by atoms with van der Waals surface area (Å²) in [6, 6.07) is 4.14. The Kier molecular flexibility index (Phi) is 5.41. The van der Waals surface area contributed by atoms with E-state index < -0.39 is 0 Å². The largest absolute Gasteiger partial charge is 0.496 e. The number of hydrogen-bond acceptors (Lipinski definition) is 4. The molecule has 0 heterocycles. The van der Waals surface area contributed by atoms with Crippen LogP contribution in [-0.2, 0) is 4.74 Å². The van der Waals surface area contributed by atoms with E-state index >= 15 is 0 Å². The number of hydrazine groups is 1. The third kappa shape index (κ3) is 3.43. The lowest BCUT2D eigenvalue weighted by atomic mass is 9.99. The Balaban J connectivity index is 2.99. The minimum atomic E-state index is 0.0135. The molecule has 0 aromatic heterocycles. The Morgan fingerprint density at radius 1 is 1.29 bits per heavy atom. The van der Waals surface area contributed by atoms with Gasteiger partial charge < -0.3 is 9.47 Å². The van der Waals surface area contributed by atoms with Gasteiger partial charge in [-0.25, -0.2) is 0 Å². The van der Waals surface area contributed by atoms with E-state index in [0.717, 1.165) is 22.4 Å². The monoisotopic (exact) mass is 238 g/mol. The van der Waals surface area contributed by atoms with Gasteiger partial charge in [0.05, 0.1) is 19.8 Å². The smallest absolute Gasteiger partial charge is 0.122 e. The van der Waals surface area contributed by atoms with Crippen molar-refractivity contribution < 1.29 is 9.47 Å². The average Bonchev–Trinajstić information content (AvgIpc) is 2.33. The van der Waals surface area contributed by atoms with Crippen LogP contribution in [0.15, 0.2) is 12.1 Å². The van der Waals surface area contributed by atoms with Crippen LogP contribution in [0.5, 0.6) is 5.75 Å². The predicted molar refractivity (Wildman–Crippen MR) is 69.0 cm³/mol. The van der Waals surface area contributed by atoms with Gasteiger partial charge in [0.15, 0.2) is 0 Å². The lowest BCUT2D eigenvalue weighted by Gasteiger charge is -2.20. The lowest BCUT2D eigenvalue weighted by molar-refractivity contribution is 0.123. The molecule has 1 unspecified atom stereocenters. The van der Waals surface area contributed by atoms with Crippen molar-refractivity contribution in [3.05, 3.63) is 28.8 Å². The summed E-state index contributed by atoms with van der Waals surface area (Å²) >= 11 is 0. The second kappa shape index (κ2) is 6.59. The summed E-state index contributed by atoms with van der Waals surface area (Å²) in [7, 11) is 1.68. The fourth-order valence-corrected chi connectivity index (χ4v) is 1.87. The van der Waals surface area contributed by atoms with E-state index in [4.69, 9.17) is 15.3 Å². The third-order valence-corrected chi connectivity index (χ3v) is 2.85. The van der Waals surface area contributed by atoms with Gasteiger partial charge >= 0.3 is 0 Å². The molecule has 1 rings (SSSR count). The van der Waals surface area contributed by atoms with Crippen LogP contribution in [0.25, 0.3) is 0 Å². The molecule has 1 aromatic rings. The number of methoxy groups -OCH3 is 1. The van der Waals surface area contributed by atoms with Crippen molar-refractivity contribution in [1.29, 1.82) is 0 Å². The normalized spacial score (nSPS) is 12.5. The van der Waals surface area contributed by atoms with Crippen LogP contribution in [-0.4, -0.2) is 20.3 Å². The van der Waals surface area contributed by atoms with E-state index in [9.17, 15) is 0 Å². The van der Waals surface area contributed by atoms with Crippen molar-refractivity contribution in [3.8, 4) is 5.75 Å². The van der Waals surface area contributed by atoms with E-state index in [-0.39, 0.29) is 6.04 Å². The van der Waals surface area contributed by atoms with Crippen molar-refractivity contribution in [1.82, 2.24) is 5.43 Å². The number of nitrogens with two attached hydrogens (primary N) is 1. The summed E-state index contributed by atoms with van der Waals surface area (Å²) in [5, 5.41) is 0. The van der Waals surface area contributed by atoms with E-state index in [1.54, 1.807) is 7.11 Å². The van der Waals surface area contributed by atoms with Crippen LogP contribution in [0.4, 0.5) is 0 Å². The summed E-state index contributed by atoms with van der Waals surface area (Å²) in [5.74, 6) is 6.48. The molecule has 0 fully saturated rings. The molecule has 17 heavy (non-hydrogen) atoms. The summed E-state index contributed by atoms with van der Waals surface area (Å²) in [6.45, 7) is 7.30. The molecule has 0 aliphatic heterocycles. The quantitative estimate of drug-likeness (QED) is 0.586. The number of aryl methyl sites for hydroxylation is 2. The molecule has 0 amide bonds. The zero-order chi connectivity index (χ0) is 12.8. The molecule has 1 aromatic carbocycles. The maximum absolute atomic E-state index is 5.57. The molecule has 0 saturated heterocycles. The number of ether oxygens (including phenoxy) is 2. The number of rotatable bonds is 6. The van der Waals surface area contributed by atoms with Gasteiger partial charge in [0.1, 0.15) is 5.75 Å². The Morgan fingerprint density at radius 3 is 2.53 bits per heavy atom. The molecular formula is C13H22N2O2. The van der Waals surface area contributed by atoms with Crippen LogP contribution in [0, 0.1) is 13.8 Å². The highest BCUT2D eigenvalue weighted by atomic mass is 16.5. The van der Waals surface area contributed by atoms with Crippen molar-refractivity contribution in [2.24, 2.45) is 5.84 Å². The molecule has 0 aliphatic carbocycles. The van der Waals surface area contributed by atoms with Gasteiger partial charge in [0.2, 0.25) is 0 Å². The molecule has 0 saturated carbocycles. The van der Waals surface area contributed by atoms with E-state index in [1.165, 1.54) is 0 Å². The topological polar surface area (TPSA) is 56.5 Å². The van der Waals surface area contributed by atoms with E-state index in [2.05, 4.69) is 11.5 Å². The fourth-order valence-electron chi connectivity index (χ4n) is 1.87. The Hall–Kier alpha value is -1.10. The van der Waals surface area contributed by atoms with Crippen molar-refractivity contribution in [2.75, 3.05) is 20.3 Å². The predicted octanol–water partition coefficient (Wildman–Crippen LogP) is 1.85. The van der Waals surface area contributed by atoms with Gasteiger partial charge in [-0.15, -0.1) is 0 Å². The second-order valence-electron chi connectivity index (χ2n) is 4.06. The molecule has 0 aliphatic rings. The second-order valence-corrected chi connectivity index (χ2v) is 4.06. The average molecular weight is 238 g/mol. The van der Waals surface area contributed by atoms with Crippen LogP contribution >= 0.6 is 0 Å². The lowest BCUT2D eigenvalue weighted by Crippen LogP contribution is -2.32. The molecule has 0 spiro atoms. The van der Waals surface area contributed by atoms with Gasteiger partial charge in [-0.1, -0.05) is 6.07 Å². The molecule has 0 radical (unpaired) electrons. The fraction of sp³-hybridized carbons (Fsp3) is 0.538. The van der Waals surface area contributed by atoms with Crippen molar-refractivity contribution >= 4 is 0 Å². The molecule has 1 atom stereocenters. The van der Waals surface area contributed by atoms with Gasteiger partial charge in [-0.3, -0.25) is 11.3 Å². The first-order valence-corrected chi connectivity index (χ1v) is 5.83. The maximum atomic E-state index is 5.57. The van der Waals surface area contributed by atoms with Crippen LogP contribution in [0.1, 0.15) is 29.7 Å². The first-order chi connectivity index (χ1) is 8.13. The van der Waals surface area contributed by atoms with E-state index in [0.29, 0.717) is 13.2 Å². The molecular weight excluding hydrogens is 216 g/mol. The molecule has 4 nitrogen and oxygen atoms in total. The molecule has 0 bridgehead atoms. The summed E-state index contributed by atoms with van der Waals surface area (Å²) in [6.07, 6.45) is 0. The Bertz CT molecular complexity index is 367. The van der Waals surface area contributed by atoms with Gasteiger partial charge in [0, 0.05) is 6.61 Å².